The molecule has 3 rings (SSSR count). The third-order valence-corrected chi connectivity index (χ3v) is 4.17. The third-order valence-electron chi connectivity index (χ3n) is 4.17. The van der Waals surface area contributed by atoms with Gasteiger partial charge in [-0.25, -0.2) is 0 Å². The highest BCUT2D eigenvalue weighted by Gasteiger charge is 2.17. The number of carbonyl (C=O) groups excluding carboxylic acids is 1. The molecule has 0 saturated heterocycles. The molecule has 28 heavy (non-hydrogen) atoms. The Morgan fingerprint density at radius 1 is 1.21 bits per heavy atom. The van der Waals surface area contributed by atoms with Gasteiger partial charge in [-0.3, -0.25) is 14.9 Å². The van der Waals surface area contributed by atoms with Crippen LogP contribution in [0, 0.1) is 21.4 Å². The lowest BCUT2D eigenvalue weighted by atomic mass is 10.1. The van der Waals surface area contributed by atoms with Crippen molar-refractivity contribution in [2.45, 2.75) is 6.42 Å². The normalized spacial score (nSPS) is 11.0. The number of nitrogens with zero attached hydrogens (tertiary/aromatic N) is 2. The van der Waals surface area contributed by atoms with Crippen LogP contribution in [-0.4, -0.2) is 22.4 Å². The third kappa shape index (κ3) is 4.16. The van der Waals surface area contributed by atoms with E-state index in [9.17, 15) is 20.2 Å². The van der Waals surface area contributed by atoms with Crippen LogP contribution in [0.3, 0.4) is 0 Å². The summed E-state index contributed by atoms with van der Waals surface area (Å²) in [6.45, 7) is 0.520. The van der Waals surface area contributed by atoms with E-state index in [0.717, 1.165) is 16.5 Å². The number of H-pyrrole nitrogens is 1. The number of aromatic nitrogens is 1. The van der Waals surface area contributed by atoms with Crippen molar-refractivity contribution in [1.82, 2.24) is 10.3 Å². The molecule has 0 unspecified atom stereocenters. The molecule has 0 radical (unpaired) electrons. The van der Waals surface area contributed by atoms with E-state index in [0.29, 0.717) is 13.0 Å². The summed E-state index contributed by atoms with van der Waals surface area (Å²) >= 11 is 0. The van der Waals surface area contributed by atoms with Crippen LogP contribution in [0.25, 0.3) is 10.9 Å². The zero-order valence-electron chi connectivity index (χ0n) is 14.8. The first-order valence-electron chi connectivity index (χ1n) is 8.53. The number of nitrogens with one attached hydrogen (secondary N) is 3. The van der Waals surface area contributed by atoms with E-state index in [1.165, 1.54) is 24.4 Å². The van der Waals surface area contributed by atoms with E-state index in [-0.39, 0.29) is 16.9 Å². The number of hydrogen-bond donors (Lipinski definition) is 3. The SMILES string of the molecule is N#C/C(=C/NCCc1c[nH]c2ccccc12)C(=O)Nc1ccccc1[N+](=O)[O-]. The molecule has 2 aromatic carbocycles. The maximum Gasteiger partial charge on any atom is 0.292 e. The molecule has 140 valence electrons. The first-order chi connectivity index (χ1) is 13.6. The Hall–Kier alpha value is -4.12. The molecule has 0 fully saturated rings. The van der Waals surface area contributed by atoms with Crippen molar-refractivity contribution in [3.05, 3.63) is 82.2 Å². The van der Waals surface area contributed by atoms with Crippen LogP contribution >= 0.6 is 0 Å². The van der Waals surface area contributed by atoms with Crippen molar-refractivity contribution < 1.29 is 9.72 Å². The Kier molecular flexibility index (Phi) is 5.67. The first-order valence-corrected chi connectivity index (χ1v) is 8.53. The van der Waals surface area contributed by atoms with Gasteiger partial charge in [-0.1, -0.05) is 30.3 Å². The quantitative estimate of drug-likeness (QED) is 0.192. The molecular formula is C20H17N5O3. The lowest BCUT2D eigenvalue weighted by Crippen LogP contribution is -2.18. The smallest absolute Gasteiger partial charge is 0.292 e. The van der Waals surface area contributed by atoms with E-state index in [1.807, 2.05) is 30.5 Å². The fraction of sp³-hybridized carbons (Fsp3) is 0.100. The molecular weight excluding hydrogens is 358 g/mol. The molecule has 0 atom stereocenters. The van der Waals surface area contributed by atoms with E-state index in [2.05, 4.69) is 15.6 Å². The molecule has 0 spiro atoms. The van der Waals surface area contributed by atoms with Gasteiger partial charge in [0.05, 0.1) is 4.92 Å². The maximum atomic E-state index is 12.2. The number of anilines is 1. The van der Waals surface area contributed by atoms with Crippen molar-refractivity contribution in [3.8, 4) is 6.07 Å². The standard InChI is InChI=1S/C20H17N5O3/c21-11-15(20(26)24-18-7-3-4-8-19(18)25(27)28)12-22-10-9-14-13-23-17-6-2-1-5-16(14)17/h1-8,12-13,22-23H,9-10H2,(H,24,26)/b15-12-. The lowest BCUT2D eigenvalue weighted by Gasteiger charge is -2.06. The van der Waals surface area contributed by atoms with Gasteiger partial charge in [0.15, 0.2) is 0 Å². The number of benzene rings is 2. The van der Waals surface area contributed by atoms with Gasteiger partial charge < -0.3 is 15.6 Å². The van der Waals surface area contributed by atoms with Gasteiger partial charge in [0.1, 0.15) is 17.3 Å². The summed E-state index contributed by atoms with van der Waals surface area (Å²) in [4.78, 5) is 25.9. The van der Waals surface area contributed by atoms with Gasteiger partial charge in [0.2, 0.25) is 0 Å². The van der Waals surface area contributed by atoms with Gasteiger partial charge in [-0.15, -0.1) is 0 Å². The van der Waals surface area contributed by atoms with Crippen molar-refractivity contribution in [1.29, 1.82) is 5.26 Å². The number of hydrogen-bond acceptors (Lipinski definition) is 5. The van der Waals surface area contributed by atoms with Gasteiger partial charge in [0, 0.05) is 35.9 Å². The number of nitro groups is 1. The highest BCUT2D eigenvalue weighted by Crippen LogP contribution is 2.23. The summed E-state index contributed by atoms with van der Waals surface area (Å²) in [6.07, 6.45) is 3.95. The number of amides is 1. The number of rotatable bonds is 7. The molecule has 1 heterocycles. The van der Waals surface area contributed by atoms with Crippen LogP contribution in [0.5, 0.6) is 0 Å². The van der Waals surface area contributed by atoms with Gasteiger partial charge in [0.25, 0.3) is 11.6 Å². The highest BCUT2D eigenvalue weighted by atomic mass is 16.6. The molecule has 1 aromatic heterocycles. The minimum atomic E-state index is -0.712. The predicted octanol–water partition coefficient (Wildman–Crippen LogP) is 3.25. The summed E-state index contributed by atoms with van der Waals surface area (Å²) < 4.78 is 0. The summed E-state index contributed by atoms with van der Waals surface area (Å²) in [5.41, 5.74) is 1.81. The average Bonchev–Trinajstić information content (AvgIpc) is 3.11. The number of nitro benzene ring substituents is 1. The summed E-state index contributed by atoms with van der Waals surface area (Å²) in [5.74, 6) is -0.712. The molecule has 0 aliphatic rings. The van der Waals surface area contributed by atoms with E-state index >= 15 is 0 Å². The van der Waals surface area contributed by atoms with Crippen molar-refractivity contribution in [2.24, 2.45) is 0 Å². The fourth-order valence-electron chi connectivity index (χ4n) is 2.80. The molecule has 0 bridgehead atoms. The van der Waals surface area contributed by atoms with Crippen molar-refractivity contribution in [2.75, 3.05) is 11.9 Å². The lowest BCUT2D eigenvalue weighted by molar-refractivity contribution is -0.383. The van der Waals surface area contributed by atoms with Crippen LogP contribution in [0.2, 0.25) is 0 Å². The summed E-state index contributed by atoms with van der Waals surface area (Å²) in [5, 5.41) is 26.7. The Labute approximate surface area is 160 Å². The van der Waals surface area contributed by atoms with E-state index in [4.69, 9.17) is 0 Å². The molecule has 3 aromatic rings. The Balaban J connectivity index is 1.61. The predicted molar refractivity (Wildman–Crippen MR) is 105 cm³/mol. The number of fused-ring (bicyclic) bond motifs is 1. The molecule has 8 nitrogen and oxygen atoms in total. The average molecular weight is 375 g/mol. The minimum Gasteiger partial charge on any atom is -0.389 e. The minimum absolute atomic E-state index is 0.0393. The Morgan fingerprint density at radius 3 is 2.75 bits per heavy atom. The van der Waals surface area contributed by atoms with Crippen molar-refractivity contribution >= 4 is 28.2 Å². The second-order valence-corrected chi connectivity index (χ2v) is 5.96. The maximum absolute atomic E-state index is 12.2. The zero-order chi connectivity index (χ0) is 19.9. The van der Waals surface area contributed by atoms with Crippen molar-refractivity contribution in [3.63, 3.8) is 0 Å². The van der Waals surface area contributed by atoms with Crippen LogP contribution < -0.4 is 10.6 Å². The first kappa shape index (κ1) is 18.7. The van der Waals surface area contributed by atoms with E-state index in [1.54, 1.807) is 12.1 Å². The fourth-order valence-corrected chi connectivity index (χ4v) is 2.80. The van der Waals surface area contributed by atoms with Gasteiger partial charge >= 0.3 is 0 Å². The molecule has 3 N–H and O–H groups in total. The Bertz CT molecular complexity index is 1090. The second-order valence-electron chi connectivity index (χ2n) is 5.96. The topological polar surface area (TPSA) is 124 Å². The number of nitriles is 1. The van der Waals surface area contributed by atoms with Gasteiger partial charge in [-0.2, -0.15) is 5.26 Å². The number of para-hydroxylation sites is 3. The molecule has 0 aliphatic heterocycles. The molecule has 8 heteroatoms. The van der Waals surface area contributed by atoms with E-state index < -0.39 is 10.8 Å². The molecule has 1 amide bonds. The summed E-state index contributed by atoms with van der Waals surface area (Å²) in [7, 11) is 0. The molecule has 0 aliphatic carbocycles. The van der Waals surface area contributed by atoms with Crippen LogP contribution in [0.15, 0.2) is 66.5 Å². The second kappa shape index (κ2) is 8.51. The highest BCUT2D eigenvalue weighted by molar-refractivity contribution is 6.07. The monoisotopic (exact) mass is 375 g/mol. The van der Waals surface area contributed by atoms with Crippen LogP contribution in [0.4, 0.5) is 11.4 Å². The van der Waals surface area contributed by atoms with Gasteiger partial charge in [-0.05, 0) is 24.1 Å². The van der Waals surface area contributed by atoms with Crippen LogP contribution in [-0.2, 0) is 11.2 Å². The summed E-state index contributed by atoms with van der Waals surface area (Å²) in [6, 6.07) is 15.5. The molecule has 0 saturated carbocycles. The Morgan fingerprint density at radius 2 is 1.96 bits per heavy atom. The van der Waals surface area contributed by atoms with Crippen LogP contribution in [0.1, 0.15) is 5.56 Å². The largest absolute Gasteiger partial charge is 0.389 e. The zero-order valence-corrected chi connectivity index (χ0v) is 14.8. The number of carbonyl (C=O) groups is 1. The number of aromatic amines is 1.